The summed E-state index contributed by atoms with van der Waals surface area (Å²) in [6, 6.07) is 16.6. The van der Waals surface area contributed by atoms with E-state index in [9.17, 15) is 0 Å². The van der Waals surface area contributed by atoms with E-state index in [1.54, 1.807) is 0 Å². The minimum absolute atomic E-state index is 0. The van der Waals surface area contributed by atoms with Gasteiger partial charge in [0, 0.05) is 60.0 Å². The van der Waals surface area contributed by atoms with Gasteiger partial charge in [-0.3, -0.25) is 0 Å². The Morgan fingerprint density at radius 2 is 1.36 bits per heavy atom. The minimum Gasteiger partial charge on any atom is -0.331 e. The summed E-state index contributed by atoms with van der Waals surface area (Å²) < 4.78 is 2.03. The van der Waals surface area contributed by atoms with Crippen LogP contribution in [0.4, 0.5) is 0 Å². The van der Waals surface area contributed by atoms with Gasteiger partial charge in [0.1, 0.15) is 12.7 Å². The Balaban J connectivity index is -0.000000578. The fraction of sp³-hybridized carbons (Fsp3) is 0.556. The van der Waals surface area contributed by atoms with Crippen LogP contribution >= 0.6 is 23.8 Å². The van der Waals surface area contributed by atoms with Gasteiger partial charge in [0.05, 0.1) is 12.7 Å². The van der Waals surface area contributed by atoms with Gasteiger partial charge in [0.15, 0.2) is 0 Å². The third-order valence-electron chi connectivity index (χ3n) is 3.26. The summed E-state index contributed by atoms with van der Waals surface area (Å²) in [5, 5.41) is 0. The summed E-state index contributed by atoms with van der Waals surface area (Å²) in [5.41, 5.74) is 3.53. The van der Waals surface area contributed by atoms with Gasteiger partial charge in [-0.05, 0) is 29.2 Å². The van der Waals surface area contributed by atoms with E-state index < -0.39 is 0 Å². The number of nitrogens with zero attached hydrogens (tertiary/aromatic N) is 2. The van der Waals surface area contributed by atoms with Crippen LogP contribution in [0.3, 0.4) is 0 Å². The standard InChI is InChI=1S/C18H21N2.3C3H9P.Fe/c1-18(2,3)16-10-8-15(9-11-16)13-19-14-17-7-5-6-12-20(17)4;3*1-4(2)3;/h5-6,8,10-13H,14H2,1-4H3;3*1-3H3;/q-1;;;;+2/p+3. The molecule has 1 aromatic heterocycles. The first-order valence-corrected chi connectivity index (χ1v) is 20.3. The second-order valence-corrected chi connectivity index (χ2v) is 19.5. The van der Waals surface area contributed by atoms with Crippen LogP contribution < -0.4 is 4.57 Å². The van der Waals surface area contributed by atoms with Gasteiger partial charge in [-0.25, -0.2) is 10.6 Å². The molecule has 6 heteroatoms. The quantitative estimate of drug-likeness (QED) is 0.140. The molecule has 1 heterocycles. The van der Waals surface area contributed by atoms with Crippen molar-refractivity contribution >= 4 is 30.0 Å². The van der Waals surface area contributed by atoms with E-state index in [1.807, 2.05) is 36.2 Å². The Kier molecular flexibility index (Phi) is 24.0. The van der Waals surface area contributed by atoms with Crippen molar-refractivity contribution in [1.82, 2.24) is 0 Å². The van der Waals surface area contributed by atoms with E-state index in [1.165, 1.54) is 5.56 Å². The molecule has 0 saturated carbocycles. The number of hydrogen-bond acceptors (Lipinski definition) is 1. The Morgan fingerprint density at radius 3 is 1.73 bits per heavy atom. The summed E-state index contributed by atoms with van der Waals surface area (Å²) in [6.07, 6.45) is 3.87. The van der Waals surface area contributed by atoms with Crippen molar-refractivity contribution in [3.63, 3.8) is 0 Å². The van der Waals surface area contributed by atoms with E-state index >= 15 is 0 Å². The molecule has 2 aromatic rings. The molecule has 0 unspecified atom stereocenters. The zero-order valence-corrected chi connectivity index (χ0v) is 27.6. The number of aryl methyl sites for hydroxylation is 1. The number of benzene rings is 1. The fourth-order valence-corrected chi connectivity index (χ4v) is 1.88. The molecule has 0 N–H and O–H groups in total. The van der Waals surface area contributed by atoms with Crippen molar-refractivity contribution < 1.29 is 21.6 Å². The molecule has 0 fully saturated rings. The van der Waals surface area contributed by atoms with Crippen molar-refractivity contribution in [2.24, 2.45) is 12.0 Å². The molecule has 188 valence electrons. The zero-order valence-electron chi connectivity index (χ0n) is 23.5. The maximum atomic E-state index is 4.46. The van der Waals surface area contributed by atoms with Crippen LogP contribution in [0.15, 0.2) is 41.5 Å². The van der Waals surface area contributed by atoms with Gasteiger partial charge in [-0.1, -0.05) is 27.0 Å². The predicted molar refractivity (Wildman–Crippen MR) is 160 cm³/mol. The predicted octanol–water partition coefficient (Wildman–Crippen LogP) is 6.30. The molecule has 0 bridgehead atoms. The summed E-state index contributed by atoms with van der Waals surface area (Å²) in [4.78, 5) is 4.46. The third kappa shape index (κ3) is 26.3. The maximum absolute atomic E-state index is 4.46. The summed E-state index contributed by atoms with van der Waals surface area (Å²) in [7, 11) is 2.37. The number of pyridine rings is 1. The van der Waals surface area contributed by atoms with Crippen molar-refractivity contribution in [1.29, 1.82) is 0 Å². The first kappa shape index (κ1) is 37.4. The van der Waals surface area contributed by atoms with E-state index in [2.05, 4.69) is 116 Å². The van der Waals surface area contributed by atoms with Crippen molar-refractivity contribution in [2.75, 3.05) is 60.0 Å². The first-order chi connectivity index (χ1) is 14.7. The Bertz CT molecular complexity index is 715. The molecule has 2 rings (SSSR count). The average Bonchev–Trinajstić information content (AvgIpc) is 2.62. The molecule has 33 heavy (non-hydrogen) atoms. The molecule has 0 atom stereocenters. The Morgan fingerprint density at radius 1 is 0.879 bits per heavy atom. The first-order valence-electron chi connectivity index (χ1n) is 11.3. The Labute approximate surface area is 221 Å². The number of hydrogen-bond donors (Lipinski definition) is 0. The van der Waals surface area contributed by atoms with Crippen LogP contribution in [0.5, 0.6) is 0 Å². The molecular formula is C27H51FeN2P3+4. The zero-order chi connectivity index (χ0) is 25.3. The van der Waals surface area contributed by atoms with Crippen molar-refractivity contribution in [2.45, 2.75) is 32.7 Å². The summed E-state index contributed by atoms with van der Waals surface area (Å²) in [6.45, 7) is 27.7. The second kappa shape index (κ2) is 21.2. The second-order valence-electron chi connectivity index (χ2n) is 10.5. The minimum atomic E-state index is 0. The number of aliphatic imine (C=N–C) groups is 1. The van der Waals surface area contributed by atoms with Crippen molar-refractivity contribution in [3.05, 3.63) is 65.5 Å². The van der Waals surface area contributed by atoms with E-state index in [0.717, 1.165) is 11.3 Å². The number of aromatic nitrogens is 1. The van der Waals surface area contributed by atoms with Crippen LogP contribution in [0.25, 0.3) is 0 Å². The topological polar surface area (TPSA) is 16.2 Å². The number of rotatable bonds is 3. The van der Waals surface area contributed by atoms with Crippen LogP contribution in [0, 0.1) is 12.1 Å². The normalized spacial score (nSPS) is 10.5. The van der Waals surface area contributed by atoms with Gasteiger partial charge in [-0.2, -0.15) is 6.07 Å². The van der Waals surface area contributed by atoms with Crippen LogP contribution in [-0.4, -0.2) is 66.2 Å². The molecule has 0 amide bonds. The van der Waals surface area contributed by atoms with E-state index in [0.29, 0.717) is 6.54 Å². The van der Waals surface area contributed by atoms with Gasteiger partial charge in [0.2, 0.25) is 0 Å². The van der Waals surface area contributed by atoms with E-state index in [-0.39, 0.29) is 46.2 Å². The summed E-state index contributed by atoms with van der Waals surface area (Å²) >= 11 is 0. The SMILES string of the molecule is C[PH+](C)C.C[PH+](C)C.C[PH+](C)C.C[n+]1ccc[c-]c1CN=Cc1[c-]cc(C(C)(C)C)cc1.[Fe+2]. The molecular weight excluding hydrogens is 501 g/mol. The van der Waals surface area contributed by atoms with Crippen LogP contribution in [0.2, 0.25) is 0 Å². The van der Waals surface area contributed by atoms with Gasteiger partial charge in [0.25, 0.3) is 0 Å². The smallest absolute Gasteiger partial charge is 0.331 e. The summed E-state index contributed by atoms with van der Waals surface area (Å²) in [5.74, 6) is 0. The van der Waals surface area contributed by atoms with Gasteiger partial charge >= 0.3 is 17.1 Å². The van der Waals surface area contributed by atoms with Crippen molar-refractivity contribution in [3.8, 4) is 0 Å². The molecule has 0 aliphatic rings. The molecule has 0 saturated heterocycles. The van der Waals surface area contributed by atoms with Crippen LogP contribution in [0.1, 0.15) is 37.6 Å². The largest absolute Gasteiger partial charge is 2.00 e. The molecule has 0 aliphatic carbocycles. The molecule has 0 spiro atoms. The fourth-order valence-electron chi connectivity index (χ4n) is 1.88. The molecule has 2 nitrogen and oxygen atoms in total. The molecule has 1 aromatic carbocycles. The van der Waals surface area contributed by atoms with Gasteiger partial charge < -0.3 is 4.99 Å². The average molecular weight is 552 g/mol. The molecule has 0 radical (unpaired) electrons. The maximum Gasteiger partial charge on any atom is 2.00 e. The monoisotopic (exact) mass is 552 g/mol. The molecule has 0 aliphatic heterocycles. The Hall–Kier alpha value is -0.151. The van der Waals surface area contributed by atoms with Crippen LogP contribution in [-0.2, 0) is 36.1 Å². The third-order valence-corrected chi connectivity index (χ3v) is 3.26. The van der Waals surface area contributed by atoms with Gasteiger partial charge in [-0.15, -0.1) is 41.5 Å². The van der Waals surface area contributed by atoms with E-state index in [4.69, 9.17) is 0 Å².